The van der Waals surface area contributed by atoms with Gasteiger partial charge in [-0.15, -0.1) is 0 Å². The second-order valence-electron chi connectivity index (χ2n) is 13.2. The normalized spacial score (nSPS) is 20.1. The standard InChI is InChI=1S/C36H36ClFN6O5/c1-19-21(6-5-7-25(19)39-32(46)23-17-42(2)35(48)43(3)34(23)47)30-24(38)10-9-22(31(30)37)26-16-20-8-11-27(29(20)33(40-26)49-4)44-15-14-36(18-44)13-12-28(45)41-36/h5-7,9-10,16-17,27H,8,11-15,18H2,1-4H3,(H,39,46)(H,41,45). The molecule has 2 unspecified atom stereocenters. The van der Waals surface area contributed by atoms with Crippen molar-refractivity contribution >= 4 is 29.1 Å². The molecule has 2 aromatic heterocycles. The number of hydrogen-bond donors (Lipinski definition) is 2. The predicted octanol–water partition coefficient (Wildman–Crippen LogP) is 4.52. The molecule has 7 rings (SSSR count). The predicted molar refractivity (Wildman–Crippen MR) is 184 cm³/mol. The Hall–Kier alpha value is -4.81. The number of likely N-dealkylation sites (tertiary alicyclic amines) is 1. The van der Waals surface area contributed by atoms with E-state index in [1.165, 1.54) is 26.4 Å². The molecule has 0 saturated carbocycles. The Morgan fingerprint density at radius 2 is 1.92 bits per heavy atom. The van der Waals surface area contributed by atoms with Crippen molar-refractivity contribution in [2.24, 2.45) is 14.1 Å². The highest BCUT2D eigenvalue weighted by atomic mass is 35.5. The van der Waals surface area contributed by atoms with Crippen molar-refractivity contribution in [3.8, 4) is 28.3 Å². The maximum atomic E-state index is 15.7. The van der Waals surface area contributed by atoms with Gasteiger partial charge in [0.25, 0.3) is 11.5 Å². The van der Waals surface area contributed by atoms with Crippen LogP contribution >= 0.6 is 11.6 Å². The lowest BCUT2D eigenvalue weighted by Gasteiger charge is -2.28. The Morgan fingerprint density at radius 3 is 2.65 bits per heavy atom. The quantitative estimate of drug-likeness (QED) is 0.306. The first kappa shape index (κ1) is 32.7. The van der Waals surface area contributed by atoms with Gasteiger partial charge in [0.15, 0.2) is 0 Å². The first-order valence-electron chi connectivity index (χ1n) is 16.2. The molecule has 2 saturated heterocycles. The number of methoxy groups -OCH3 is 1. The molecule has 1 aliphatic carbocycles. The molecule has 0 bridgehead atoms. The fourth-order valence-electron chi connectivity index (χ4n) is 7.68. The molecule has 2 atom stereocenters. The van der Waals surface area contributed by atoms with Gasteiger partial charge in [-0.05, 0) is 73.6 Å². The van der Waals surface area contributed by atoms with Crippen molar-refractivity contribution in [1.82, 2.24) is 24.3 Å². The summed E-state index contributed by atoms with van der Waals surface area (Å²) in [6.45, 7) is 3.40. The summed E-state index contributed by atoms with van der Waals surface area (Å²) in [5.74, 6) is -0.643. The summed E-state index contributed by atoms with van der Waals surface area (Å²) in [4.78, 5) is 57.3. The number of carbonyl (C=O) groups is 2. The number of pyridine rings is 1. The van der Waals surface area contributed by atoms with Gasteiger partial charge in [0.1, 0.15) is 11.4 Å². The van der Waals surface area contributed by atoms with Crippen molar-refractivity contribution in [1.29, 1.82) is 0 Å². The van der Waals surface area contributed by atoms with Crippen LogP contribution in [0.5, 0.6) is 5.88 Å². The Morgan fingerprint density at radius 1 is 1.12 bits per heavy atom. The molecule has 4 aromatic rings. The first-order chi connectivity index (χ1) is 23.4. The Labute approximate surface area is 286 Å². The van der Waals surface area contributed by atoms with Crippen LogP contribution in [0.4, 0.5) is 10.1 Å². The molecular weight excluding hydrogens is 651 g/mol. The summed E-state index contributed by atoms with van der Waals surface area (Å²) in [5, 5.41) is 6.10. The minimum atomic E-state index is -0.730. The number of aromatic nitrogens is 3. The molecule has 49 heavy (non-hydrogen) atoms. The summed E-state index contributed by atoms with van der Waals surface area (Å²) in [5.41, 5.74) is 3.03. The van der Waals surface area contributed by atoms with Crippen molar-refractivity contribution in [2.45, 2.75) is 50.6 Å². The van der Waals surface area contributed by atoms with Crippen LogP contribution in [0.15, 0.2) is 52.2 Å². The zero-order chi connectivity index (χ0) is 34.8. The van der Waals surface area contributed by atoms with E-state index in [1.54, 1.807) is 38.3 Å². The number of nitrogens with zero attached hydrogens (tertiary/aromatic N) is 4. The van der Waals surface area contributed by atoms with E-state index in [0.717, 1.165) is 59.0 Å². The molecule has 2 N–H and O–H groups in total. The summed E-state index contributed by atoms with van der Waals surface area (Å²) in [7, 11) is 4.35. The maximum Gasteiger partial charge on any atom is 0.330 e. The van der Waals surface area contributed by atoms with Crippen molar-refractivity contribution < 1.29 is 18.7 Å². The number of carbonyl (C=O) groups excluding carboxylic acids is 2. The summed E-state index contributed by atoms with van der Waals surface area (Å²) < 4.78 is 23.5. The van der Waals surface area contributed by atoms with Crippen LogP contribution in [-0.2, 0) is 25.3 Å². The highest BCUT2D eigenvalue weighted by molar-refractivity contribution is 6.36. The Balaban J connectivity index is 1.21. The van der Waals surface area contributed by atoms with Gasteiger partial charge in [0.2, 0.25) is 11.8 Å². The van der Waals surface area contributed by atoms with E-state index < -0.39 is 23.0 Å². The molecule has 11 nitrogen and oxygen atoms in total. The summed E-state index contributed by atoms with van der Waals surface area (Å²) in [6.07, 6.45) is 5.24. The highest BCUT2D eigenvalue weighted by Crippen LogP contribution is 2.47. The monoisotopic (exact) mass is 686 g/mol. The number of anilines is 1. The van der Waals surface area contributed by atoms with Crippen molar-refractivity contribution in [2.75, 3.05) is 25.5 Å². The number of ether oxygens (including phenoxy) is 1. The molecule has 2 amide bonds. The smallest absolute Gasteiger partial charge is 0.330 e. The van der Waals surface area contributed by atoms with E-state index in [4.69, 9.17) is 21.3 Å². The number of fused-ring (bicyclic) bond motifs is 1. The number of halogens is 2. The van der Waals surface area contributed by atoms with E-state index in [-0.39, 0.29) is 33.6 Å². The minimum absolute atomic E-state index is 0.115. The van der Waals surface area contributed by atoms with E-state index in [9.17, 15) is 19.2 Å². The van der Waals surface area contributed by atoms with Crippen LogP contribution in [0.1, 0.15) is 58.8 Å². The van der Waals surface area contributed by atoms with Gasteiger partial charge in [0.05, 0.1) is 23.4 Å². The van der Waals surface area contributed by atoms with Crippen LogP contribution in [-0.4, -0.2) is 56.6 Å². The van der Waals surface area contributed by atoms with Gasteiger partial charge in [-0.2, -0.15) is 0 Å². The molecule has 1 spiro atoms. The lowest BCUT2D eigenvalue weighted by atomic mass is 9.95. The largest absolute Gasteiger partial charge is 0.481 e. The van der Waals surface area contributed by atoms with Crippen LogP contribution in [0.3, 0.4) is 0 Å². The molecule has 0 radical (unpaired) electrons. The molecule has 254 valence electrons. The molecular formula is C36H36ClFN6O5. The molecule has 3 aliphatic rings. The highest BCUT2D eigenvalue weighted by Gasteiger charge is 2.46. The van der Waals surface area contributed by atoms with Crippen LogP contribution < -0.4 is 26.6 Å². The van der Waals surface area contributed by atoms with Gasteiger partial charge in [-0.25, -0.2) is 14.2 Å². The van der Waals surface area contributed by atoms with E-state index in [1.807, 2.05) is 6.07 Å². The SMILES string of the molecule is COc1nc(-c2ccc(F)c(-c3cccc(NC(=O)c4cn(C)c(=O)n(C)c4=O)c3C)c2Cl)cc2c1C(N1CCC3(CCC(=O)N3)C1)CC2. The fraction of sp³-hybridized carbons (Fsp3) is 0.361. The second kappa shape index (κ2) is 12.3. The van der Waals surface area contributed by atoms with Gasteiger partial charge in [-0.3, -0.25) is 23.9 Å². The van der Waals surface area contributed by atoms with Gasteiger partial charge >= 0.3 is 5.69 Å². The Bertz CT molecular complexity index is 2180. The van der Waals surface area contributed by atoms with Crippen LogP contribution in [0.2, 0.25) is 5.02 Å². The average Bonchev–Trinajstić information content (AvgIpc) is 3.80. The van der Waals surface area contributed by atoms with Gasteiger partial charge < -0.3 is 19.9 Å². The fourth-order valence-corrected chi connectivity index (χ4v) is 8.04. The van der Waals surface area contributed by atoms with E-state index >= 15 is 4.39 Å². The third-order valence-corrected chi connectivity index (χ3v) is 10.7. The molecule has 2 aromatic carbocycles. The van der Waals surface area contributed by atoms with Gasteiger partial charge in [0, 0.05) is 68.2 Å². The number of hydrogen-bond acceptors (Lipinski definition) is 7. The topological polar surface area (TPSA) is 128 Å². The Kier molecular flexibility index (Phi) is 8.19. The van der Waals surface area contributed by atoms with E-state index in [0.29, 0.717) is 40.4 Å². The molecule has 2 fully saturated rings. The molecule has 4 heterocycles. The number of benzene rings is 2. The minimum Gasteiger partial charge on any atom is -0.481 e. The maximum absolute atomic E-state index is 15.7. The zero-order valence-corrected chi connectivity index (χ0v) is 28.4. The van der Waals surface area contributed by atoms with E-state index in [2.05, 4.69) is 15.5 Å². The lowest BCUT2D eigenvalue weighted by molar-refractivity contribution is -0.119. The average molecular weight is 687 g/mol. The first-order valence-corrected chi connectivity index (χ1v) is 16.6. The van der Waals surface area contributed by atoms with Gasteiger partial charge in [-0.1, -0.05) is 23.7 Å². The number of aryl methyl sites for hydroxylation is 2. The zero-order valence-electron chi connectivity index (χ0n) is 27.7. The third kappa shape index (κ3) is 5.52. The number of nitrogens with one attached hydrogen (secondary N) is 2. The summed E-state index contributed by atoms with van der Waals surface area (Å²) >= 11 is 7.01. The molecule has 2 aliphatic heterocycles. The van der Waals surface area contributed by atoms with Crippen LogP contribution in [0, 0.1) is 12.7 Å². The second-order valence-corrected chi connectivity index (χ2v) is 13.6. The number of amides is 2. The third-order valence-electron chi connectivity index (χ3n) is 10.3. The van der Waals surface area contributed by atoms with Crippen molar-refractivity contribution in [3.63, 3.8) is 0 Å². The van der Waals surface area contributed by atoms with Crippen molar-refractivity contribution in [3.05, 3.63) is 96.5 Å². The lowest BCUT2D eigenvalue weighted by Crippen LogP contribution is -2.44. The summed E-state index contributed by atoms with van der Waals surface area (Å²) in [6, 6.07) is 10.1. The number of rotatable bonds is 6. The molecule has 13 heteroatoms. The van der Waals surface area contributed by atoms with Crippen LogP contribution in [0.25, 0.3) is 22.4 Å².